The molecule has 0 saturated heterocycles. The van der Waals surface area contributed by atoms with E-state index in [-0.39, 0.29) is 4.82 Å². The fraction of sp³-hybridized carbons (Fsp3) is 0. The van der Waals surface area contributed by atoms with Crippen LogP contribution < -0.4 is 5.32 Å². The standard InChI is InChI=1S/C6H5BrN2O/c7-6(10)9-5-1-3-8-4-2-5/h1-4H,(H,8,9,10). The van der Waals surface area contributed by atoms with Crippen molar-refractivity contribution < 1.29 is 4.79 Å². The molecule has 0 aliphatic rings. The number of halogens is 1. The van der Waals surface area contributed by atoms with Crippen LogP contribution in [-0.2, 0) is 0 Å². The van der Waals surface area contributed by atoms with Gasteiger partial charge in [-0.3, -0.25) is 9.78 Å². The number of amides is 1. The highest BCUT2D eigenvalue weighted by atomic mass is 79.9. The lowest BCUT2D eigenvalue weighted by molar-refractivity contribution is 0.270. The Balaban J connectivity index is 2.67. The van der Waals surface area contributed by atoms with Crippen LogP contribution in [0.3, 0.4) is 0 Å². The SMILES string of the molecule is O=C(Br)Nc1ccncc1. The Morgan fingerprint density at radius 3 is 2.60 bits per heavy atom. The molecule has 10 heavy (non-hydrogen) atoms. The molecule has 0 spiro atoms. The van der Waals surface area contributed by atoms with Gasteiger partial charge in [0.05, 0.1) is 0 Å². The molecule has 1 N–H and O–H groups in total. The highest BCUT2D eigenvalue weighted by molar-refractivity contribution is 9.18. The van der Waals surface area contributed by atoms with Crippen molar-refractivity contribution in [2.24, 2.45) is 0 Å². The predicted molar refractivity (Wildman–Crippen MR) is 42.2 cm³/mol. The highest BCUT2D eigenvalue weighted by Crippen LogP contribution is 2.04. The van der Waals surface area contributed by atoms with Gasteiger partial charge in [-0.05, 0) is 12.1 Å². The number of aromatic nitrogens is 1. The molecule has 1 rings (SSSR count). The number of carbonyl (C=O) groups excluding carboxylic acids is 1. The minimum absolute atomic E-state index is 0.251. The van der Waals surface area contributed by atoms with Crippen LogP contribution in [0, 0.1) is 0 Å². The van der Waals surface area contributed by atoms with Gasteiger partial charge in [-0.15, -0.1) is 0 Å². The summed E-state index contributed by atoms with van der Waals surface area (Å²) in [4.78, 5) is 13.9. The summed E-state index contributed by atoms with van der Waals surface area (Å²) in [6.07, 6.45) is 3.22. The Morgan fingerprint density at radius 2 is 2.10 bits per heavy atom. The number of rotatable bonds is 1. The monoisotopic (exact) mass is 200 g/mol. The summed E-state index contributed by atoms with van der Waals surface area (Å²) >= 11 is 2.74. The van der Waals surface area contributed by atoms with Crippen LogP contribution in [0.4, 0.5) is 10.5 Å². The summed E-state index contributed by atoms with van der Waals surface area (Å²) in [6, 6.07) is 3.42. The molecule has 1 aromatic heterocycles. The number of hydrogen-bond acceptors (Lipinski definition) is 2. The fourth-order valence-electron chi connectivity index (χ4n) is 0.549. The fourth-order valence-corrected chi connectivity index (χ4v) is 0.778. The number of carbonyl (C=O) groups is 1. The van der Waals surface area contributed by atoms with Gasteiger partial charge >= 0.3 is 0 Å². The molecule has 3 nitrogen and oxygen atoms in total. The normalized spacial score (nSPS) is 8.90. The predicted octanol–water partition coefficient (Wildman–Crippen LogP) is 2.01. The minimum atomic E-state index is -0.251. The molecule has 1 amide bonds. The third-order valence-corrected chi connectivity index (χ3v) is 1.12. The van der Waals surface area contributed by atoms with Gasteiger partial charge in [0.2, 0.25) is 0 Å². The quantitative estimate of drug-likeness (QED) is 0.557. The van der Waals surface area contributed by atoms with Crippen LogP contribution in [0.1, 0.15) is 0 Å². The Kier molecular flexibility index (Phi) is 2.39. The van der Waals surface area contributed by atoms with E-state index in [4.69, 9.17) is 0 Å². The van der Waals surface area contributed by atoms with Gasteiger partial charge in [0.1, 0.15) is 0 Å². The van der Waals surface area contributed by atoms with E-state index < -0.39 is 0 Å². The summed E-state index contributed by atoms with van der Waals surface area (Å²) in [7, 11) is 0. The van der Waals surface area contributed by atoms with Gasteiger partial charge in [-0.1, -0.05) is 0 Å². The van der Waals surface area contributed by atoms with E-state index in [0.717, 1.165) is 5.69 Å². The van der Waals surface area contributed by atoms with E-state index in [2.05, 4.69) is 26.2 Å². The minimum Gasteiger partial charge on any atom is -0.316 e. The zero-order valence-corrected chi connectivity index (χ0v) is 6.63. The van der Waals surface area contributed by atoms with Crippen molar-refractivity contribution in [3.05, 3.63) is 24.5 Å². The lowest BCUT2D eigenvalue weighted by Crippen LogP contribution is -1.99. The van der Waals surface area contributed by atoms with Crippen molar-refractivity contribution in [2.45, 2.75) is 0 Å². The number of hydrogen-bond donors (Lipinski definition) is 1. The topological polar surface area (TPSA) is 42.0 Å². The van der Waals surface area contributed by atoms with Crippen molar-refractivity contribution >= 4 is 26.4 Å². The third-order valence-electron chi connectivity index (χ3n) is 0.923. The van der Waals surface area contributed by atoms with Crippen molar-refractivity contribution in [3.63, 3.8) is 0 Å². The summed E-state index contributed by atoms with van der Waals surface area (Å²) in [5.74, 6) is 0. The average Bonchev–Trinajstić information content (AvgIpc) is 1.88. The molecule has 0 fully saturated rings. The van der Waals surface area contributed by atoms with Crippen LogP contribution in [0.2, 0.25) is 0 Å². The molecule has 0 saturated carbocycles. The maximum atomic E-state index is 10.4. The Morgan fingerprint density at radius 1 is 1.50 bits per heavy atom. The van der Waals surface area contributed by atoms with Crippen LogP contribution in [0.5, 0.6) is 0 Å². The van der Waals surface area contributed by atoms with E-state index in [1.807, 2.05) is 0 Å². The summed E-state index contributed by atoms with van der Waals surface area (Å²) in [6.45, 7) is 0. The van der Waals surface area contributed by atoms with Crippen LogP contribution in [-0.4, -0.2) is 9.80 Å². The second kappa shape index (κ2) is 3.31. The van der Waals surface area contributed by atoms with E-state index >= 15 is 0 Å². The molecule has 0 unspecified atom stereocenters. The van der Waals surface area contributed by atoms with Gasteiger partial charge in [-0.25, -0.2) is 0 Å². The van der Waals surface area contributed by atoms with Gasteiger partial charge in [0, 0.05) is 34.0 Å². The number of nitrogens with one attached hydrogen (secondary N) is 1. The Bertz CT molecular complexity index is 224. The lowest BCUT2D eigenvalue weighted by Gasteiger charge is -1.96. The third kappa shape index (κ3) is 2.14. The van der Waals surface area contributed by atoms with E-state index in [0.29, 0.717) is 0 Å². The second-order valence-electron chi connectivity index (χ2n) is 1.63. The van der Waals surface area contributed by atoms with Gasteiger partial charge in [-0.2, -0.15) is 0 Å². The zero-order valence-electron chi connectivity index (χ0n) is 5.04. The van der Waals surface area contributed by atoms with Crippen LogP contribution in [0.15, 0.2) is 24.5 Å². The van der Waals surface area contributed by atoms with Crippen molar-refractivity contribution in [2.75, 3.05) is 5.32 Å². The van der Waals surface area contributed by atoms with E-state index in [1.165, 1.54) is 0 Å². The first-order valence-corrected chi connectivity index (χ1v) is 3.45. The molecule has 1 heterocycles. The Hall–Kier alpha value is -0.900. The molecule has 0 bridgehead atoms. The zero-order chi connectivity index (χ0) is 7.40. The molecular formula is C6H5BrN2O. The molecule has 0 radical (unpaired) electrons. The molecule has 4 heteroatoms. The highest BCUT2D eigenvalue weighted by Gasteiger charge is 1.92. The molecule has 0 aliphatic carbocycles. The molecule has 0 aliphatic heterocycles. The number of pyridine rings is 1. The largest absolute Gasteiger partial charge is 0.316 e. The van der Waals surface area contributed by atoms with Gasteiger partial charge in [0.15, 0.2) is 0 Å². The lowest BCUT2D eigenvalue weighted by atomic mass is 10.4. The molecule has 1 aromatic rings. The first-order chi connectivity index (χ1) is 4.79. The first-order valence-electron chi connectivity index (χ1n) is 2.65. The van der Waals surface area contributed by atoms with Crippen LogP contribution >= 0.6 is 15.9 Å². The van der Waals surface area contributed by atoms with Gasteiger partial charge < -0.3 is 5.32 Å². The molecule has 0 aromatic carbocycles. The summed E-state index contributed by atoms with van der Waals surface area (Å²) in [5, 5.41) is 2.54. The average molecular weight is 201 g/mol. The van der Waals surface area contributed by atoms with Gasteiger partial charge in [0.25, 0.3) is 4.82 Å². The second-order valence-corrected chi connectivity index (χ2v) is 2.35. The van der Waals surface area contributed by atoms with Crippen molar-refractivity contribution in [3.8, 4) is 0 Å². The molecular weight excluding hydrogens is 196 g/mol. The number of anilines is 1. The number of nitrogens with zero attached hydrogens (tertiary/aromatic N) is 1. The Labute approximate surface area is 66.6 Å². The smallest absolute Gasteiger partial charge is 0.291 e. The van der Waals surface area contributed by atoms with E-state index in [9.17, 15) is 4.79 Å². The van der Waals surface area contributed by atoms with Crippen molar-refractivity contribution in [1.82, 2.24) is 4.98 Å². The molecule has 0 atom stereocenters. The molecule has 52 valence electrons. The van der Waals surface area contributed by atoms with E-state index in [1.54, 1.807) is 24.5 Å². The summed E-state index contributed by atoms with van der Waals surface area (Å²) < 4.78 is 0. The van der Waals surface area contributed by atoms with Crippen LogP contribution in [0.25, 0.3) is 0 Å². The maximum absolute atomic E-state index is 10.4. The van der Waals surface area contributed by atoms with Crippen molar-refractivity contribution in [1.29, 1.82) is 0 Å². The maximum Gasteiger partial charge on any atom is 0.291 e. The summed E-state index contributed by atoms with van der Waals surface area (Å²) in [5.41, 5.74) is 0.733. The first kappa shape index (κ1) is 7.21.